The number of aromatic nitrogens is 2. The van der Waals surface area contributed by atoms with E-state index in [0.717, 1.165) is 48.5 Å². The topological polar surface area (TPSA) is 42.2 Å². The van der Waals surface area contributed by atoms with Crippen LogP contribution in [0.5, 0.6) is 0 Å². The van der Waals surface area contributed by atoms with Crippen LogP contribution in [0, 0.1) is 0 Å². The maximum absolute atomic E-state index is 5.50. The maximum Gasteiger partial charge on any atom is 0.137 e. The molecule has 0 aliphatic rings. The standard InChI is InChI=1S/C23H23N3O/c1-26(17-20-11-5-10-19-12-6-14-24-23(19)20)15-7-13-21-16-22(25-27-21)18-8-3-2-4-9-18/h2-6,8-12,14,16H,7,13,15,17H2,1H3. The van der Waals surface area contributed by atoms with E-state index in [1.54, 1.807) is 0 Å². The number of benzene rings is 2. The minimum atomic E-state index is 0.887. The molecule has 4 nitrogen and oxygen atoms in total. The lowest BCUT2D eigenvalue weighted by Crippen LogP contribution is -2.19. The quantitative estimate of drug-likeness (QED) is 0.469. The van der Waals surface area contributed by atoms with Crippen LogP contribution in [0.1, 0.15) is 17.7 Å². The molecule has 0 fully saturated rings. The monoisotopic (exact) mass is 357 g/mol. The average Bonchev–Trinajstić information content (AvgIpc) is 3.18. The van der Waals surface area contributed by atoms with E-state index >= 15 is 0 Å². The van der Waals surface area contributed by atoms with Crippen molar-refractivity contribution in [3.05, 3.63) is 84.3 Å². The zero-order valence-electron chi connectivity index (χ0n) is 15.5. The van der Waals surface area contributed by atoms with Crippen molar-refractivity contribution in [1.29, 1.82) is 0 Å². The van der Waals surface area contributed by atoms with Crippen LogP contribution in [-0.2, 0) is 13.0 Å². The summed E-state index contributed by atoms with van der Waals surface area (Å²) in [7, 11) is 2.15. The van der Waals surface area contributed by atoms with Crippen LogP contribution in [0.15, 0.2) is 77.4 Å². The second-order valence-corrected chi connectivity index (χ2v) is 6.88. The molecule has 0 spiro atoms. The first kappa shape index (κ1) is 17.4. The number of hydrogen-bond donors (Lipinski definition) is 0. The van der Waals surface area contributed by atoms with Gasteiger partial charge < -0.3 is 9.42 Å². The second kappa shape index (κ2) is 8.14. The van der Waals surface area contributed by atoms with E-state index in [1.807, 2.05) is 48.7 Å². The van der Waals surface area contributed by atoms with Gasteiger partial charge in [0.25, 0.3) is 0 Å². The first-order chi connectivity index (χ1) is 13.3. The van der Waals surface area contributed by atoms with Gasteiger partial charge in [-0.1, -0.05) is 59.8 Å². The molecule has 0 radical (unpaired) electrons. The molecule has 0 amide bonds. The number of nitrogens with zero attached hydrogens (tertiary/aromatic N) is 3. The van der Waals surface area contributed by atoms with Crippen molar-refractivity contribution in [2.45, 2.75) is 19.4 Å². The zero-order valence-corrected chi connectivity index (χ0v) is 15.5. The highest BCUT2D eigenvalue weighted by atomic mass is 16.5. The van der Waals surface area contributed by atoms with E-state index < -0.39 is 0 Å². The molecule has 2 heterocycles. The molecule has 0 aliphatic heterocycles. The third-order valence-corrected chi connectivity index (χ3v) is 4.75. The van der Waals surface area contributed by atoms with Gasteiger partial charge in [-0.25, -0.2) is 0 Å². The molecule has 0 atom stereocenters. The largest absolute Gasteiger partial charge is 0.361 e. The van der Waals surface area contributed by atoms with Gasteiger partial charge in [-0.15, -0.1) is 0 Å². The summed E-state index contributed by atoms with van der Waals surface area (Å²) in [5.41, 5.74) is 4.35. The Kier molecular flexibility index (Phi) is 5.26. The lowest BCUT2D eigenvalue weighted by molar-refractivity contribution is 0.312. The minimum absolute atomic E-state index is 0.887. The van der Waals surface area contributed by atoms with Crippen LogP contribution in [0.3, 0.4) is 0 Å². The number of aryl methyl sites for hydroxylation is 1. The third kappa shape index (κ3) is 4.23. The average molecular weight is 357 g/mol. The summed E-state index contributed by atoms with van der Waals surface area (Å²) in [5.74, 6) is 0.939. The molecule has 0 N–H and O–H groups in total. The van der Waals surface area contributed by atoms with Crippen molar-refractivity contribution in [2.24, 2.45) is 0 Å². The molecule has 27 heavy (non-hydrogen) atoms. The molecule has 0 unspecified atom stereocenters. The highest BCUT2D eigenvalue weighted by Gasteiger charge is 2.08. The summed E-state index contributed by atoms with van der Waals surface area (Å²) in [6.07, 6.45) is 3.77. The van der Waals surface area contributed by atoms with Gasteiger partial charge in [0, 0.05) is 36.2 Å². The van der Waals surface area contributed by atoms with E-state index in [0.29, 0.717) is 0 Å². The van der Waals surface area contributed by atoms with Gasteiger partial charge in [0.05, 0.1) is 5.52 Å². The molecule has 4 heteroatoms. The lowest BCUT2D eigenvalue weighted by Gasteiger charge is -2.17. The normalized spacial score (nSPS) is 11.3. The number of fused-ring (bicyclic) bond motifs is 1. The lowest BCUT2D eigenvalue weighted by atomic mass is 10.1. The molecular weight excluding hydrogens is 334 g/mol. The first-order valence-corrected chi connectivity index (χ1v) is 9.32. The van der Waals surface area contributed by atoms with Gasteiger partial charge >= 0.3 is 0 Å². The SMILES string of the molecule is CN(CCCc1cc(-c2ccccc2)no1)Cc1cccc2cccnc12. The Morgan fingerprint density at radius 2 is 1.81 bits per heavy atom. The van der Waals surface area contributed by atoms with Crippen LogP contribution in [-0.4, -0.2) is 28.6 Å². The second-order valence-electron chi connectivity index (χ2n) is 6.88. The molecule has 0 aliphatic carbocycles. The van der Waals surface area contributed by atoms with E-state index in [2.05, 4.69) is 46.4 Å². The summed E-state index contributed by atoms with van der Waals surface area (Å²) < 4.78 is 5.50. The third-order valence-electron chi connectivity index (χ3n) is 4.75. The van der Waals surface area contributed by atoms with E-state index in [9.17, 15) is 0 Å². The molecule has 0 bridgehead atoms. The molecular formula is C23H23N3O. The van der Waals surface area contributed by atoms with Gasteiger partial charge in [0.1, 0.15) is 11.5 Å². The van der Waals surface area contributed by atoms with Crippen molar-refractivity contribution in [2.75, 3.05) is 13.6 Å². The Bertz CT molecular complexity index is 1010. The van der Waals surface area contributed by atoms with E-state index in [1.165, 1.54) is 10.9 Å². The fourth-order valence-corrected chi connectivity index (χ4v) is 3.36. The van der Waals surface area contributed by atoms with Crippen molar-refractivity contribution < 1.29 is 4.52 Å². The highest BCUT2D eigenvalue weighted by molar-refractivity contribution is 5.81. The van der Waals surface area contributed by atoms with E-state index in [4.69, 9.17) is 4.52 Å². The molecule has 0 saturated heterocycles. The minimum Gasteiger partial charge on any atom is -0.361 e. The van der Waals surface area contributed by atoms with Crippen molar-refractivity contribution in [1.82, 2.24) is 15.0 Å². The van der Waals surface area contributed by atoms with Crippen molar-refractivity contribution >= 4 is 10.9 Å². The Balaban J connectivity index is 1.32. The summed E-state index contributed by atoms with van der Waals surface area (Å²) in [6.45, 7) is 1.88. The fourth-order valence-electron chi connectivity index (χ4n) is 3.36. The van der Waals surface area contributed by atoms with Gasteiger partial charge in [-0.05, 0) is 31.6 Å². The van der Waals surface area contributed by atoms with Crippen molar-refractivity contribution in [3.8, 4) is 11.3 Å². The maximum atomic E-state index is 5.50. The predicted molar refractivity (Wildman–Crippen MR) is 108 cm³/mol. The van der Waals surface area contributed by atoms with Crippen LogP contribution in [0.25, 0.3) is 22.2 Å². The molecule has 0 saturated carbocycles. The van der Waals surface area contributed by atoms with Gasteiger partial charge in [0.15, 0.2) is 0 Å². The fraction of sp³-hybridized carbons (Fsp3) is 0.217. The van der Waals surface area contributed by atoms with Crippen LogP contribution in [0.4, 0.5) is 0 Å². The Morgan fingerprint density at radius 1 is 0.963 bits per heavy atom. The van der Waals surface area contributed by atoms with Gasteiger partial charge in [-0.2, -0.15) is 0 Å². The van der Waals surface area contributed by atoms with Crippen LogP contribution in [0.2, 0.25) is 0 Å². The van der Waals surface area contributed by atoms with Crippen LogP contribution >= 0.6 is 0 Å². The Morgan fingerprint density at radius 3 is 2.70 bits per heavy atom. The molecule has 2 aromatic heterocycles. The predicted octanol–water partition coefficient (Wildman–Crippen LogP) is 4.95. The number of rotatable bonds is 7. The smallest absolute Gasteiger partial charge is 0.137 e. The number of para-hydroxylation sites is 1. The van der Waals surface area contributed by atoms with Crippen LogP contribution < -0.4 is 0 Å². The summed E-state index contributed by atoms with van der Waals surface area (Å²) in [6, 6.07) is 22.6. The summed E-state index contributed by atoms with van der Waals surface area (Å²) >= 11 is 0. The molecule has 136 valence electrons. The van der Waals surface area contributed by atoms with E-state index in [-0.39, 0.29) is 0 Å². The first-order valence-electron chi connectivity index (χ1n) is 9.32. The van der Waals surface area contributed by atoms with Gasteiger partial charge in [-0.3, -0.25) is 4.98 Å². The number of pyridine rings is 1. The Labute approximate surface area is 159 Å². The van der Waals surface area contributed by atoms with Gasteiger partial charge in [0.2, 0.25) is 0 Å². The highest BCUT2D eigenvalue weighted by Crippen LogP contribution is 2.20. The molecule has 4 aromatic rings. The summed E-state index contributed by atoms with van der Waals surface area (Å²) in [5, 5.41) is 5.38. The Hall–Kier alpha value is -2.98. The van der Waals surface area contributed by atoms with Crippen molar-refractivity contribution in [3.63, 3.8) is 0 Å². The number of hydrogen-bond acceptors (Lipinski definition) is 4. The molecule has 4 rings (SSSR count). The zero-order chi connectivity index (χ0) is 18.5. The summed E-state index contributed by atoms with van der Waals surface area (Å²) in [4.78, 5) is 6.87. The molecule has 2 aromatic carbocycles.